The van der Waals surface area contributed by atoms with Crippen molar-refractivity contribution in [3.63, 3.8) is 0 Å². The summed E-state index contributed by atoms with van der Waals surface area (Å²) in [5.41, 5.74) is 4.19. The van der Waals surface area contributed by atoms with Gasteiger partial charge in [0.2, 0.25) is 5.16 Å². The van der Waals surface area contributed by atoms with Gasteiger partial charge in [0.15, 0.2) is 0 Å². The van der Waals surface area contributed by atoms with Crippen molar-refractivity contribution >= 4 is 33.3 Å². The Morgan fingerprint density at radius 1 is 1.03 bits per heavy atom. The van der Waals surface area contributed by atoms with Crippen LogP contribution < -0.4 is 4.74 Å². The predicted molar refractivity (Wildman–Crippen MR) is 117 cm³/mol. The van der Waals surface area contributed by atoms with Crippen LogP contribution in [0.25, 0.3) is 27.0 Å². The van der Waals surface area contributed by atoms with Crippen LogP contribution in [0, 0.1) is 6.92 Å². The molecular formula is C21H16N6OS2. The fourth-order valence-electron chi connectivity index (χ4n) is 3.19. The second kappa shape index (κ2) is 7.85. The number of para-hydroxylation sites is 1. The van der Waals surface area contributed by atoms with E-state index < -0.39 is 0 Å². The van der Waals surface area contributed by atoms with Crippen LogP contribution in [0.15, 0.2) is 70.4 Å². The highest BCUT2D eigenvalue weighted by Gasteiger charge is 2.18. The third-order valence-corrected chi connectivity index (χ3v) is 6.54. The van der Waals surface area contributed by atoms with Crippen LogP contribution in [0.2, 0.25) is 0 Å². The number of tetrazole rings is 1. The minimum atomic E-state index is 0.649. The predicted octanol–water partition coefficient (Wildman–Crippen LogP) is 4.80. The first-order chi connectivity index (χ1) is 14.7. The first-order valence-corrected chi connectivity index (χ1v) is 10.8. The molecule has 0 fully saturated rings. The van der Waals surface area contributed by atoms with E-state index in [2.05, 4.69) is 30.9 Å². The molecule has 3 aromatic heterocycles. The molecule has 2 aromatic carbocycles. The molecule has 0 atom stereocenters. The Kier molecular flexibility index (Phi) is 4.89. The number of hydrogen-bond acceptors (Lipinski definition) is 8. The summed E-state index contributed by atoms with van der Waals surface area (Å²) >= 11 is 3.03. The first-order valence-electron chi connectivity index (χ1n) is 9.13. The molecule has 0 aliphatic heterocycles. The second-order valence-electron chi connectivity index (χ2n) is 6.50. The molecule has 0 N–H and O–H groups in total. The summed E-state index contributed by atoms with van der Waals surface area (Å²) in [6, 6.07) is 16.0. The molecule has 0 aliphatic carbocycles. The second-order valence-corrected chi connectivity index (χ2v) is 8.31. The Hall–Kier alpha value is -3.30. The molecule has 9 heteroatoms. The number of benzene rings is 2. The van der Waals surface area contributed by atoms with Crippen LogP contribution in [0.3, 0.4) is 0 Å². The maximum absolute atomic E-state index is 5.28. The van der Waals surface area contributed by atoms with E-state index in [-0.39, 0.29) is 0 Å². The lowest BCUT2D eigenvalue weighted by Crippen LogP contribution is -2.01. The van der Waals surface area contributed by atoms with E-state index in [1.807, 2.05) is 55.5 Å². The van der Waals surface area contributed by atoms with E-state index >= 15 is 0 Å². The summed E-state index contributed by atoms with van der Waals surface area (Å²) < 4.78 is 7.03. The normalized spacial score (nSPS) is 11.1. The van der Waals surface area contributed by atoms with Gasteiger partial charge in [-0.3, -0.25) is 0 Å². The molecule has 0 radical (unpaired) electrons. The third kappa shape index (κ3) is 3.31. The zero-order valence-electron chi connectivity index (χ0n) is 16.2. The van der Waals surface area contributed by atoms with Gasteiger partial charge in [-0.05, 0) is 58.4 Å². The maximum atomic E-state index is 5.28. The highest BCUT2D eigenvalue weighted by molar-refractivity contribution is 7.99. The van der Waals surface area contributed by atoms with E-state index in [0.29, 0.717) is 5.16 Å². The molecule has 7 nitrogen and oxygen atoms in total. The monoisotopic (exact) mass is 432 g/mol. The van der Waals surface area contributed by atoms with Gasteiger partial charge in [-0.15, -0.1) is 16.4 Å². The van der Waals surface area contributed by atoms with Crippen molar-refractivity contribution in [3.8, 4) is 22.6 Å². The van der Waals surface area contributed by atoms with Gasteiger partial charge in [0, 0.05) is 10.9 Å². The average molecular weight is 433 g/mol. The molecule has 0 unspecified atom stereocenters. The van der Waals surface area contributed by atoms with Crippen molar-refractivity contribution in [1.29, 1.82) is 0 Å². The zero-order chi connectivity index (χ0) is 20.5. The minimum Gasteiger partial charge on any atom is -0.497 e. The average Bonchev–Trinajstić information content (AvgIpc) is 3.42. The summed E-state index contributed by atoms with van der Waals surface area (Å²) in [7, 11) is 1.66. The van der Waals surface area contributed by atoms with E-state index in [4.69, 9.17) is 4.74 Å². The largest absolute Gasteiger partial charge is 0.497 e. The number of ether oxygens (including phenoxy) is 1. The Morgan fingerprint density at radius 3 is 2.67 bits per heavy atom. The molecule has 148 valence electrons. The third-order valence-electron chi connectivity index (χ3n) is 4.71. The van der Waals surface area contributed by atoms with Crippen molar-refractivity contribution in [1.82, 2.24) is 30.2 Å². The number of nitrogens with zero attached hydrogens (tertiary/aromatic N) is 6. The van der Waals surface area contributed by atoms with Crippen molar-refractivity contribution in [2.24, 2.45) is 0 Å². The van der Waals surface area contributed by atoms with Gasteiger partial charge in [0.1, 0.15) is 21.9 Å². The van der Waals surface area contributed by atoms with Crippen LogP contribution in [0.4, 0.5) is 0 Å². The molecule has 0 bridgehead atoms. The SMILES string of the molecule is COc1ccc(-c2csc3ncnc(Sc4nnnn4-c4ccccc4C)c23)cc1. The highest BCUT2D eigenvalue weighted by atomic mass is 32.2. The lowest BCUT2D eigenvalue weighted by atomic mass is 10.1. The van der Waals surface area contributed by atoms with Gasteiger partial charge in [-0.2, -0.15) is 4.68 Å². The lowest BCUT2D eigenvalue weighted by molar-refractivity contribution is 0.415. The number of fused-ring (bicyclic) bond motifs is 1. The van der Waals surface area contributed by atoms with Gasteiger partial charge in [0.25, 0.3) is 0 Å². The number of methoxy groups -OCH3 is 1. The van der Waals surface area contributed by atoms with E-state index in [9.17, 15) is 0 Å². The molecular weight excluding hydrogens is 416 g/mol. The lowest BCUT2D eigenvalue weighted by Gasteiger charge is -2.08. The summed E-state index contributed by atoms with van der Waals surface area (Å²) in [6.45, 7) is 2.04. The Labute approximate surface area is 180 Å². The Bertz CT molecular complexity index is 1330. The quantitative estimate of drug-likeness (QED) is 0.369. The van der Waals surface area contributed by atoms with Crippen molar-refractivity contribution in [2.45, 2.75) is 17.1 Å². The van der Waals surface area contributed by atoms with Crippen LogP contribution in [-0.2, 0) is 0 Å². The van der Waals surface area contributed by atoms with Crippen LogP contribution in [0.5, 0.6) is 5.75 Å². The summed E-state index contributed by atoms with van der Waals surface area (Å²) in [6.07, 6.45) is 1.58. The highest BCUT2D eigenvalue weighted by Crippen LogP contribution is 2.40. The summed E-state index contributed by atoms with van der Waals surface area (Å²) in [4.78, 5) is 9.94. The molecule has 5 rings (SSSR count). The van der Waals surface area contributed by atoms with Gasteiger partial charge >= 0.3 is 0 Å². The Balaban J connectivity index is 1.59. The number of thiophene rings is 1. The minimum absolute atomic E-state index is 0.649. The molecule has 3 heterocycles. The van der Waals surface area contributed by atoms with Crippen LogP contribution >= 0.6 is 23.1 Å². The molecule has 5 aromatic rings. The number of aryl methyl sites for hydroxylation is 1. The Morgan fingerprint density at radius 2 is 1.87 bits per heavy atom. The first kappa shape index (κ1) is 18.7. The van der Waals surface area contributed by atoms with E-state index in [0.717, 1.165) is 43.4 Å². The van der Waals surface area contributed by atoms with E-state index in [1.165, 1.54) is 11.8 Å². The van der Waals surface area contributed by atoms with Crippen LogP contribution in [0.1, 0.15) is 5.56 Å². The van der Waals surface area contributed by atoms with Crippen molar-refractivity contribution in [2.75, 3.05) is 7.11 Å². The molecule has 0 saturated heterocycles. The van der Waals surface area contributed by atoms with E-state index in [1.54, 1.807) is 29.5 Å². The van der Waals surface area contributed by atoms with Gasteiger partial charge < -0.3 is 4.74 Å². The number of aromatic nitrogens is 6. The van der Waals surface area contributed by atoms with Crippen molar-refractivity contribution in [3.05, 3.63) is 65.8 Å². The molecule has 0 aliphatic rings. The van der Waals surface area contributed by atoms with Crippen LogP contribution in [-0.4, -0.2) is 37.3 Å². The van der Waals surface area contributed by atoms with Crippen molar-refractivity contribution < 1.29 is 4.74 Å². The zero-order valence-corrected chi connectivity index (χ0v) is 17.8. The van der Waals surface area contributed by atoms with Gasteiger partial charge in [-0.1, -0.05) is 30.3 Å². The summed E-state index contributed by atoms with van der Waals surface area (Å²) in [5.74, 6) is 0.821. The fraction of sp³-hybridized carbons (Fsp3) is 0.0952. The molecule has 0 amide bonds. The smallest absolute Gasteiger partial charge is 0.220 e. The molecule has 0 saturated carbocycles. The standard InChI is InChI=1S/C21H16N6OS2/c1-13-5-3-4-6-17(13)27-21(24-25-26-27)30-20-18-16(11-29-19(18)22-12-23-20)14-7-9-15(28-2)10-8-14/h3-12H,1-2H3. The topological polar surface area (TPSA) is 78.6 Å². The summed E-state index contributed by atoms with van der Waals surface area (Å²) in [5, 5.41) is 16.9. The number of hydrogen-bond donors (Lipinski definition) is 0. The molecule has 0 spiro atoms. The molecule has 30 heavy (non-hydrogen) atoms. The number of rotatable bonds is 5. The van der Waals surface area contributed by atoms with Gasteiger partial charge in [0.05, 0.1) is 18.2 Å². The maximum Gasteiger partial charge on any atom is 0.220 e. The fourth-order valence-corrected chi connectivity index (χ4v) is 5.05. The van der Waals surface area contributed by atoms with Gasteiger partial charge in [-0.25, -0.2) is 9.97 Å².